The molecule has 0 radical (unpaired) electrons. The number of carbonyl (C=O) groups excluding carboxylic acids is 1. The maximum Gasteiger partial charge on any atom is 0.240 e. The lowest BCUT2D eigenvalue weighted by atomic mass is 10.1. The van der Waals surface area contributed by atoms with Crippen LogP contribution in [-0.2, 0) is 17.8 Å². The van der Waals surface area contributed by atoms with E-state index in [-0.39, 0.29) is 18.3 Å². The lowest BCUT2D eigenvalue weighted by molar-refractivity contribution is -0.133. The number of halogens is 2. The van der Waals surface area contributed by atoms with Crippen molar-refractivity contribution in [3.05, 3.63) is 70.7 Å². The number of hydrogen-bond donors (Lipinski definition) is 1. The standard InChI is InChI=1S/C18H21ClN2O.ClH/c1-2-21(13-15-9-6-10-16(19)11-15)18(22)17(20)12-14-7-4-3-5-8-14;/h3-11,17H,2,12-13,20H2,1H3;1H/t17-;/m0./s1. The zero-order chi connectivity index (χ0) is 15.9. The number of amides is 1. The number of likely N-dealkylation sites (N-methyl/N-ethyl adjacent to an activating group) is 1. The number of rotatable bonds is 6. The second kappa shape index (κ2) is 9.56. The third kappa shape index (κ3) is 5.87. The van der Waals surface area contributed by atoms with Crippen LogP contribution in [0.15, 0.2) is 54.6 Å². The molecule has 0 fully saturated rings. The van der Waals surface area contributed by atoms with E-state index in [1.54, 1.807) is 4.90 Å². The summed E-state index contributed by atoms with van der Waals surface area (Å²) in [5.41, 5.74) is 8.17. The Labute approximate surface area is 148 Å². The smallest absolute Gasteiger partial charge is 0.240 e. The van der Waals surface area contributed by atoms with Crippen LogP contribution in [-0.4, -0.2) is 23.4 Å². The maximum atomic E-state index is 12.5. The van der Waals surface area contributed by atoms with Crippen molar-refractivity contribution in [2.45, 2.75) is 25.9 Å². The monoisotopic (exact) mass is 352 g/mol. The van der Waals surface area contributed by atoms with Crippen molar-refractivity contribution in [3.8, 4) is 0 Å². The molecule has 0 aliphatic rings. The first kappa shape index (κ1) is 19.5. The zero-order valence-corrected chi connectivity index (χ0v) is 14.7. The molecule has 0 saturated carbocycles. The van der Waals surface area contributed by atoms with E-state index in [0.717, 1.165) is 11.1 Å². The Bertz CT molecular complexity index is 619. The summed E-state index contributed by atoms with van der Waals surface area (Å²) in [6.07, 6.45) is 0.547. The first-order chi connectivity index (χ1) is 10.6. The van der Waals surface area contributed by atoms with Crippen molar-refractivity contribution >= 4 is 29.9 Å². The van der Waals surface area contributed by atoms with Crippen LogP contribution in [0.2, 0.25) is 5.02 Å². The van der Waals surface area contributed by atoms with Crippen molar-refractivity contribution < 1.29 is 4.79 Å². The number of nitrogens with two attached hydrogens (primary N) is 1. The minimum atomic E-state index is -0.526. The highest BCUT2D eigenvalue weighted by atomic mass is 35.5. The second-order valence-electron chi connectivity index (χ2n) is 5.28. The molecule has 3 nitrogen and oxygen atoms in total. The van der Waals surface area contributed by atoms with E-state index >= 15 is 0 Å². The molecular weight excluding hydrogens is 331 g/mol. The topological polar surface area (TPSA) is 46.3 Å². The zero-order valence-electron chi connectivity index (χ0n) is 13.1. The van der Waals surface area contributed by atoms with Gasteiger partial charge < -0.3 is 10.6 Å². The fraction of sp³-hybridized carbons (Fsp3) is 0.278. The molecule has 0 heterocycles. The fourth-order valence-electron chi connectivity index (χ4n) is 2.39. The highest BCUT2D eigenvalue weighted by molar-refractivity contribution is 6.30. The summed E-state index contributed by atoms with van der Waals surface area (Å²) in [5.74, 6) is -0.0358. The first-order valence-corrected chi connectivity index (χ1v) is 7.80. The highest BCUT2D eigenvalue weighted by Gasteiger charge is 2.20. The van der Waals surface area contributed by atoms with Crippen molar-refractivity contribution in [3.63, 3.8) is 0 Å². The van der Waals surface area contributed by atoms with Crippen LogP contribution in [0.5, 0.6) is 0 Å². The van der Waals surface area contributed by atoms with Gasteiger partial charge in [-0.1, -0.05) is 54.1 Å². The quantitative estimate of drug-likeness (QED) is 0.861. The molecule has 0 unspecified atom stereocenters. The molecule has 0 bridgehead atoms. The summed E-state index contributed by atoms with van der Waals surface area (Å²) in [7, 11) is 0. The first-order valence-electron chi connectivity index (χ1n) is 7.43. The molecule has 0 saturated heterocycles. The third-order valence-corrected chi connectivity index (χ3v) is 3.81. The van der Waals surface area contributed by atoms with Crippen LogP contribution < -0.4 is 5.73 Å². The van der Waals surface area contributed by atoms with Crippen molar-refractivity contribution in [1.29, 1.82) is 0 Å². The van der Waals surface area contributed by atoms with E-state index in [2.05, 4.69) is 0 Å². The van der Waals surface area contributed by atoms with Crippen LogP contribution in [0.4, 0.5) is 0 Å². The SMILES string of the molecule is CCN(Cc1cccc(Cl)c1)C(=O)[C@@H](N)Cc1ccccc1.Cl. The summed E-state index contributed by atoms with van der Waals surface area (Å²) in [5, 5.41) is 0.676. The molecule has 23 heavy (non-hydrogen) atoms. The minimum Gasteiger partial charge on any atom is -0.337 e. The molecule has 0 aliphatic carbocycles. The molecule has 2 rings (SSSR count). The third-order valence-electron chi connectivity index (χ3n) is 3.57. The number of nitrogens with zero attached hydrogens (tertiary/aromatic N) is 1. The largest absolute Gasteiger partial charge is 0.337 e. The Hall–Kier alpha value is -1.55. The molecule has 2 aromatic carbocycles. The Morgan fingerprint density at radius 3 is 2.39 bits per heavy atom. The Kier molecular flexibility index (Phi) is 8.10. The van der Waals surface area contributed by atoms with Crippen LogP contribution in [0.3, 0.4) is 0 Å². The van der Waals surface area contributed by atoms with Crippen LogP contribution >= 0.6 is 24.0 Å². The molecule has 0 spiro atoms. The Morgan fingerprint density at radius 1 is 1.13 bits per heavy atom. The summed E-state index contributed by atoms with van der Waals surface area (Å²) < 4.78 is 0. The van der Waals surface area contributed by atoms with Gasteiger partial charge in [0.1, 0.15) is 0 Å². The van der Waals surface area contributed by atoms with Gasteiger partial charge in [-0.2, -0.15) is 0 Å². The predicted octanol–water partition coefficient (Wildman–Crippen LogP) is 3.68. The summed E-state index contributed by atoms with van der Waals surface area (Å²) in [6, 6.07) is 16.9. The van der Waals surface area contributed by atoms with E-state index in [4.69, 9.17) is 17.3 Å². The molecule has 2 N–H and O–H groups in total. The van der Waals surface area contributed by atoms with Crippen molar-refractivity contribution in [2.75, 3.05) is 6.54 Å². The van der Waals surface area contributed by atoms with Gasteiger partial charge in [0.25, 0.3) is 0 Å². The Balaban J connectivity index is 0.00000264. The van der Waals surface area contributed by atoms with Gasteiger partial charge in [-0.25, -0.2) is 0 Å². The maximum absolute atomic E-state index is 12.5. The molecule has 2 aromatic rings. The fourth-order valence-corrected chi connectivity index (χ4v) is 2.60. The molecule has 124 valence electrons. The lowest BCUT2D eigenvalue weighted by Gasteiger charge is -2.24. The van der Waals surface area contributed by atoms with E-state index < -0.39 is 6.04 Å². The molecular formula is C18H22Cl2N2O. The summed E-state index contributed by atoms with van der Waals surface area (Å²) >= 11 is 5.99. The van der Waals surface area contributed by atoms with E-state index in [9.17, 15) is 4.79 Å². The van der Waals surface area contributed by atoms with Gasteiger partial charge in [-0.15, -0.1) is 12.4 Å². The van der Waals surface area contributed by atoms with Gasteiger partial charge in [-0.3, -0.25) is 4.79 Å². The number of hydrogen-bond acceptors (Lipinski definition) is 2. The van der Waals surface area contributed by atoms with E-state index in [0.29, 0.717) is 24.5 Å². The van der Waals surface area contributed by atoms with Crippen molar-refractivity contribution in [2.24, 2.45) is 5.73 Å². The molecule has 5 heteroatoms. The van der Waals surface area contributed by atoms with Gasteiger partial charge in [0.05, 0.1) is 6.04 Å². The molecule has 0 aromatic heterocycles. The summed E-state index contributed by atoms with van der Waals surface area (Å²) in [4.78, 5) is 14.3. The molecule has 1 amide bonds. The number of benzene rings is 2. The normalized spacial score (nSPS) is 11.4. The van der Waals surface area contributed by atoms with Crippen LogP contribution in [0, 0.1) is 0 Å². The average molecular weight is 353 g/mol. The van der Waals surface area contributed by atoms with Crippen LogP contribution in [0.25, 0.3) is 0 Å². The molecule has 1 atom stereocenters. The second-order valence-corrected chi connectivity index (χ2v) is 5.71. The highest BCUT2D eigenvalue weighted by Crippen LogP contribution is 2.13. The van der Waals surface area contributed by atoms with E-state index in [1.807, 2.05) is 61.5 Å². The summed E-state index contributed by atoms with van der Waals surface area (Å²) in [6.45, 7) is 3.10. The molecule has 0 aliphatic heterocycles. The minimum absolute atomic E-state index is 0. The Morgan fingerprint density at radius 2 is 1.78 bits per heavy atom. The number of carbonyl (C=O) groups is 1. The van der Waals surface area contributed by atoms with Gasteiger partial charge in [-0.05, 0) is 36.6 Å². The van der Waals surface area contributed by atoms with Gasteiger partial charge in [0.15, 0.2) is 0 Å². The average Bonchev–Trinajstić information content (AvgIpc) is 2.53. The van der Waals surface area contributed by atoms with Crippen molar-refractivity contribution in [1.82, 2.24) is 4.90 Å². The van der Waals surface area contributed by atoms with Gasteiger partial charge in [0.2, 0.25) is 5.91 Å². The predicted molar refractivity (Wildman–Crippen MR) is 97.9 cm³/mol. The van der Waals surface area contributed by atoms with Gasteiger partial charge >= 0.3 is 0 Å². The van der Waals surface area contributed by atoms with E-state index in [1.165, 1.54) is 0 Å². The van der Waals surface area contributed by atoms with Crippen LogP contribution in [0.1, 0.15) is 18.1 Å². The van der Waals surface area contributed by atoms with Gasteiger partial charge in [0, 0.05) is 18.1 Å². The lowest BCUT2D eigenvalue weighted by Crippen LogP contribution is -2.44.